The predicted octanol–water partition coefficient (Wildman–Crippen LogP) is 6.14. The Balaban J connectivity index is 1.41. The number of thiophene rings is 1. The molecular formula is C23H17FN4OS2. The van der Waals surface area contributed by atoms with Crippen LogP contribution in [0.5, 0.6) is 0 Å². The molecule has 0 fully saturated rings. The summed E-state index contributed by atoms with van der Waals surface area (Å²) in [5, 5.41) is 11.6. The fraction of sp³-hybridized carbons (Fsp3) is 0.0870. The summed E-state index contributed by atoms with van der Waals surface area (Å²) < 4.78 is 21.1. The van der Waals surface area contributed by atoms with E-state index in [2.05, 4.69) is 27.3 Å². The average Bonchev–Trinajstić information content (AvgIpc) is 3.55. The second kappa shape index (κ2) is 8.87. The Bertz CT molecular complexity index is 1260. The monoisotopic (exact) mass is 448 g/mol. The van der Waals surface area contributed by atoms with Crippen molar-refractivity contribution in [1.82, 2.24) is 19.7 Å². The first-order valence-electron chi connectivity index (χ1n) is 9.60. The lowest BCUT2D eigenvalue weighted by atomic mass is 10.2. The van der Waals surface area contributed by atoms with Crippen LogP contribution in [0.1, 0.15) is 11.3 Å². The van der Waals surface area contributed by atoms with Gasteiger partial charge in [-0.15, -0.1) is 21.5 Å². The molecular weight excluding hydrogens is 431 g/mol. The van der Waals surface area contributed by atoms with E-state index in [0.717, 1.165) is 26.9 Å². The third kappa shape index (κ3) is 4.45. The Morgan fingerprint density at radius 3 is 2.58 bits per heavy atom. The standard InChI is InChI=1S/C23H17FN4OS2/c24-18-10-8-17(9-11-18)21-26-27-23(28(21)13-16-5-2-1-3-6-16)31-15-19-14-29-22(25-19)20-7-4-12-30-20/h1-12,14H,13,15H2. The molecule has 0 saturated heterocycles. The van der Waals surface area contributed by atoms with E-state index in [1.54, 1.807) is 41.5 Å². The summed E-state index contributed by atoms with van der Waals surface area (Å²) in [4.78, 5) is 5.58. The third-order valence-corrected chi connectivity index (χ3v) is 6.49. The minimum absolute atomic E-state index is 0.278. The molecule has 0 radical (unpaired) electrons. The maximum Gasteiger partial charge on any atom is 0.236 e. The van der Waals surface area contributed by atoms with Gasteiger partial charge in [-0.25, -0.2) is 9.37 Å². The predicted molar refractivity (Wildman–Crippen MR) is 120 cm³/mol. The molecule has 0 bridgehead atoms. The summed E-state index contributed by atoms with van der Waals surface area (Å²) in [5.74, 6) is 1.65. The molecule has 5 rings (SSSR count). The van der Waals surface area contributed by atoms with Gasteiger partial charge in [0.05, 0.1) is 17.1 Å². The molecule has 0 aliphatic heterocycles. The number of hydrogen-bond donors (Lipinski definition) is 0. The van der Waals surface area contributed by atoms with Crippen LogP contribution in [0.4, 0.5) is 4.39 Å². The van der Waals surface area contributed by atoms with Crippen molar-refractivity contribution in [2.45, 2.75) is 17.5 Å². The summed E-state index contributed by atoms with van der Waals surface area (Å²) >= 11 is 3.14. The van der Waals surface area contributed by atoms with Gasteiger partial charge in [0.25, 0.3) is 0 Å². The van der Waals surface area contributed by atoms with Crippen LogP contribution < -0.4 is 0 Å². The van der Waals surface area contributed by atoms with Gasteiger partial charge in [-0.1, -0.05) is 48.2 Å². The summed E-state index contributed by atoms with van der Waals surface area (Å²) in [7, 11) is 0. The quantitative estimate of drug-likeness (QED) is 0.280. The van der Waals surface area contributed by atoms with E-state index in [4.69, 9.17) is 4.42 Å². The van der Waals surface area contributed by atoms with Gasteiger partial charge >= 0.3 is 0 Å². The molecule has 0 atom stereocenters. The van der Waals surface area contributed by atoms with Crippen LogP contribution in [0.15, 0.2) is 87.9 Å². The van der Waals surface area contributed by atoms with E-state index < -0.39 is 0 Å². The molecule has 8 heteroatoms. The zero-order valence-electron chi connectivity index (χ0n) is 16.3. The zero-order chi connectivity index (χ0) is 21.0. The van der Waals surface area contributed by atoms with Crippen LogP contribution in [0.2, 0.25) is 0 Å². The van der Waals surface area contributed by atoms with Crippen molar-refractivity contribution in [1.29, 1.82) is 0 Å². The first-order valence-corrected chi connectivity index (χ1v) is 11.5. The molecule has 0 amide bonds. The number of rotatable bonds is 7. The molecule has 3 heterocycles. The summed E-state index contributed by atoms with van der Waals surface area (Å²) in [6.45, 7) is 0.613. The van der Waals surface area contributed by atoms with E-state index in [9.17, 15) is 4.39 Å². The molecule has 154 valence electrons. The summed E-state index contributed by atoms with van der Waals surface area (Å²) in [6.07, 6.45) is 1.68. The van der Waals surface area contributed by atoms with Crippen molar-refractivity contribution in [2.75, 3.05) is 0 Å². The second-order valence-electron chi connectivity index (χ2n) is 6.79. The minimum Gasteiger partial charge on any atom is -0.444 e. The smallest absolute Gasteiger partial charge is 0.236 e. The zero-order valence-corrected chi connectivity index (χ0v) is 17.9. The number of nitrogens with zero attached hydrogens (tertiary/aromatic N) is 4. The van der Waals surface area contributed by atoms with Crippen LogP contribution >= 0.6 is 23.1 Å². The first-order chi connectivity index (χ1) is 15.3. The molecule has 0 spiro atoms. The van der Waals surface area contributed by atoms with Crippen molar-refractivity contribution >= 4 is 23.1 Å². The third-order valence-electron chi connectivity index (χ3n) is 4.64. The number of aromatic nitrogens is 4. The van der Waals surface area contributed by atoms with E-state index in [-0.39, 0.29) is 5.82 Å². The van der Waals surface area contributed by atoms with Crippen LogP contribution in [0.25, 0.3) is 22.2 Å². The summed E-state index contributed by atoms with van der Waals surface area (Å²) in [6, 6.07) is 20.4. The average molecular weight is 449 g/mol. The van der Waals surface area contributed by atoms with Crippen LogP contribution in [0.3, 0.4) is 0 Å². The van der Waals surface area contributed by atoms with Crippen molar-refractivity contribution < 1.29 is 8.81 Å². The lowest BCUT2D eigenvalue weighted by molar-refractivity contribution is 0.575. The molecule has 0 aliphatic carbocycles. The van der Waals surface area contributed by atoms with Gasteiger partial charge in [0.1, 0.15) is 12.1 Å². The van der Waals surface area contributed by atoms with Gasteiger partial charge in [-0.05, 0) is 41.3 Å². The van der Waals surface area contributed by atoms with Crippen molar-refractivity contribution in [2.24, 2.45) is 0 Å². The molecule has 0 aliphatic rings. The molecule has 31 heavy (non-hydrogen) atoms. The van der Waals surface area contributed by atoms with Crippen molar-refractivity contribution in [3.8, 4) is 22.2 Å². The highest BCUT2D eigenvalue weighted by Gasteiger charge is 2.16. The van der Waals surface area contributed by atoms with Gasteiger partial charge in [0.2, 0.25) is 5.89 Å². The van der Waals surface area contributed by atoms with E-state index >= 15 is 0 Å². The van der Waals surface area contributed by atoms with Gasteiger partial charge in [-0.3, -0.25) is 4.57 Å². The lowest BCUT2D eigenvalue weighted by Gasteiger charge is -2.10. The highest BCUT2D eigenvalue weighted by Crippen LogP contribution is 2.29. The van der Waals surface area contributed by atoms with Gasteiger partial charge in [0.15, 0.2) is 11.0 Å². The fourth-order valence-corrected chi connectivity index (χ4v) is 4.61. The SMILES string of the molecule is Fc1ccc(-c2nnc(SCc3coc(-c4cccs4)n3)n2Cc2ccccc2)cc1. The maximum absolute atomic E-state index is 13.4. The number of benzene rings is 2. The molecule has 0 saturated carbocycles. The topological polar surface area (TPSA) is 56.7 Å². The largest absolute Gasteiger partial charge is 0.444 e. The Morgan fingerprint density at radius 1 is 0.968 bits per heavy atom. The Labute approximate surface area is 186 Å². The number of oxazole rings is 1. The molecule has 3 aromatic heterocycles. The highest BCUT2D eigenvalue weighted by molar-refractivity contribution is 7.98. The Morgan fingerprint density at radius 2 is 1.81 bits per heavy atom. The van der Waals surface area contributed by atoms with E-state index in [1.165, 1.54) is 12.1 Å². The van der Waals surface area contributed by atoms with Crippen LogP contribution in [-0.4, -0.2) is 19.7 Å². The fourth-order valence-electron chi connectivity index (χ4n) is 3.14. The number of halogens is 1. The number of hydrogen-bond acceptors (Lipinski definition) is 6. The molecule has 0 unspecified atom stereocenters. The minimum atomic E-state index is -0.278. The van der Waals surface area contributed by atoms with Crippen molar-refractivity contribution in [3.05, 3.63) is 95.4 Å². The number of thioether (sulfide) groups is 1. The van der Waals surface area contributed by atoms with Gasteiger partial charge in [-0.2, -0.15) is 0 Å². The van der Waals surface area contributed by atoms with Crippen molar-refractivity contribution in [3.63, 3.8) is 0 Å². The molecule has 0 N–H and O–H groups in total. The van der Waals surface area contributed by atoms with E-state index in [0.29, 0.717) is 24.0 Å². The first kappa shape index (κ1) is 19.7. The highest BCUT2D eigenvalue weighted by atomic mass is 32.2. The Hall–Kier alpha value is -3.23. The lowest BCUT2D eigenvalue weighted by Crippen LogP contribution is -2.04. The Kier molecular flexibility index (Phi) is 5.64. The van der Waals surface area contributed by atoms with Gasteiger partial charge in [0, 0.05) is 11.3 Å². The van der Waals surface area contributed by atoms with Crippen LogP contribution in [-0.2, 0) is 12.3 Å². The molecule has 5 nitrogen and oxygen atoms in total. The summed E-state index contributed by atoms with van der Waals surface area (Å²) in [5.41, 5.74) is 2.79. The van der Waals surface area contributed by atoms with Crippen LogP contribution in [0, 0.1) is 5.82 Å². The normalized spacial score (nSPS) is 11.1. The van der Waals surface area contributed by atoms with E-state index in [1.807, 2.05) is 40.3 Å². The maximum atomic E-state index is 13.4. The second-order valence-corrected chi connectivity index (χ2v) is 8.68. The van der Waals surface area contributed by atoms with Gasteiger partial charge < -0.3 is 4.42 Å². The molecule has 2 aromatic carbocycles. The molecule has 5 aromatic rings.